The molecule has 1 saturated heterocycles. The van der Waals surface area contributed by atoms with Gasteiger partial charge in [-0.25, -0.2) is 4.98 Å². The molecule has 4 nitrogen and oxygen atoms in total. The highest BCUT2D eigenvalue weighted by molar-refractivity contribution is 7.13. The number of thiazole rings is 1. The zero-order valence-corrected chi connectivity index (χ0v) is 12.0. The molecule has 3 rings (SSSR count). The predicted octanol–water partition coefficient (Wildman–Crippen LogP) is 2.29. The van der Waals surface area contributed by atoms with Crippen molar-refractivity contribution in [2.24, 2.45) is 0 Å². The van der Waals surface area contributed by atoms with Gasteiger partial charge in [-0.3, -0.25) is 4.79 Å². The molecule has 2 aromatic rings. The third-order valence-electron chi connectivity index (χ3n) is 3.43. The van der Waals surface area contributed by atoms with Crippen LogP contribution >= 0.6 is 11.3 Å². The number of nitrogens with zero attached hydrogens (tertiary/aromatic N) is 1. The summed E-state index contributed by atoms with van der Waals surface area (Å²) in [6, 6.07) is 10.3. The Morgan fingerprint density at radius 1 is 1.40 bits per heavy atom. The van der Waals surface area contributed by atoms with E-state index in [2.05, 4.69) is 15.6 Å². The van der Waals surface area contributed by atoms with Gasteiger partial charge in [0.2, 0.25) is 0 Å². The van der Waals surface area contributed by atoms with Gasteiger partial charge >= 0.3 is 0 Å². The lowest BCUT2D eigenvalue weighted by Gasteiger charge is -2.10. The molecule has 0 bridgehead atoms. The van der Waals surface area contributed by atoms with E-state index in [1.165, 1.54) is 17.8 Å². The van der Waals surface area contributed by atoms with Crippen LogP contribution in [0.5, 0.6) is 0 Å². The Bertz CT molecular complexity index is 576. The van der Waals surface area contributed by atoms with Gasteiger partial charge in [0.05, 0.1) is 0 Å². The predicted molar refractivity (Wildman–Crippen MR) is 80.9 cm³/mol. The van der Waals surface area contributed by atoms with E-state index in [1.54, 1.807) is 0 Å². The van der Waals surface area contributed by atoms with Gasteiger partial charge in [0.1, 0.15) is 10.7 Å². The highest BCUT2D eigenvalue weighted by atomic mass is 32.1. The number of hydrogen-bond donors (Lipinski definition) is 2. The van der Waals surface area contributed by atoms with Gasteiger partial charge in [0.15, 0.2) is 0 Å². The van der Waals surface area contributed by atoms with Crippen molar-refractivity contribution in [1.29, 1.82) is 0 Å². The van der Waals surface area contributed by atoms with E-state index >= 15 is 0 Å². The summed E-state index contributed by atoms with van der Waals surface area (Å²) in [7, 11) is 0. The molecule has 0 radical (unpaired) electrons. The molecule has 1 aromatic carbocycles. The zero-order valence-electron chi connectivity index (χ0n) is 11.1. The summed E-state index contributed by atoms with van der Waals surface area (Å²) in [6.07, 6.45) is 2.32. The SMILES string of the molecule is O=C(NCC1CCCN1)c1csc(-c2ccccc2)n1. The summed E-state index contributed by atoms with van der Waals surface area (Å²) < 4.78 is 0. The Kier molecular flexibility index (Phi) is 4.08. The molecule has 1 aliphatic rings. The van der Waals surface area contributed by atoms with Crippen LogP contribution in [0.15, 0.2) is 35.7 Å². The second kappa shape index (κ2) is 6.15. The summed E-state index contributed by atoms with van der Waals surface area (Å²) >= 11 is 1.50. The van der Waals surface area contributed by atoms with Crippen LogP contribution < -0.4 is 10.6 Å². The van der Waals surface area contributed by atoms with Crippen molar-refractivity contribution >= 4 is 17.2 Å². The van der Waals surface area contributed by atoms with Crippen molar-refractivity contribution < 1.29 is 4.79 Å². The van der Waals surface area contributed by atoms with Crippen LogP contribution in [-0.2, 0) is 0 Å². The molecule has 1 unspecified atom stereocenters. The summed E-state index contributed by atoms with van der Waals surface area (Å²) in [5.41, 5.74) is 1.56. The minimum Gasteiger partial charge on any atom is -0.349 e. The van der Waals surface area contributed by atoms with Gasteiger partial charge < -0.3 is 10.6 Å². The van der Waals surface area contributed by atoms with Crippen molar-refractivity contribution in [3.63, 3.8) is 0 Å². The Labute approximate surface area is 122 Å². The molecule has 104 valence electrons. The first kappa shape index (κ1) is 13.3. The van der Waals surface area contributed by atoms with Gasteiger partial charge in [-0.2, -0.15) is 0 Å². The van der Waals surface area contributed by atoms with Crippen LogP contribution in [0.1, 0.15) is 23.3 Å². The van der Waals surface area contributed by atoms with Gasteiger partial charge in [-0.15, -0.1) is 11.3 Å². The third-order valence-corrected chi connectivity index (χ3v) is 4.32. The molecule has 1 aromatic heterocycles. The topological polar surface area (TPSA) is 54.0 Å². The van der Waals surface area contributed by atoms with E-state index in [1.807, 2.05) is 35.7 Å². The first-order chi connectivity index (χ1) is 9.83. The van der Waals surface area contributed by atoms with Crippen LogP contribution in [0.25, 0.3) is 10.6 Å². The second-order valence-corrected chi connectivity index (χ2v) is 5.77. The van der Waals surface area contributed by atoms with Crippen LogP contribution in [0.4, 0.5) is 0 Å². The Hall–Kier alpha value is -1.72. The molecule has 0 spiro atoms. The number of hydrogen-bond acceptors (Lipinski definition) is 4. The van der Waals surface area contributed by atoms with Crippen LogP contribution in [-0.4, -0.2) is 30.0 Å². The van der Waals surface area contributed by atoms with E-state index in [0.29, 0.717) is 18.3 Å². The smallest absolute Gasteiger partial charge is 0.270 e. The number of benzene rings is 1. The fourth-order valence-corrected chi connectivity index (χ4v) is 3.13. The average molecular weight is 287 g/mol. The minimum absolute atomic E-state index is 0.0860. The summed E-state index contributed by atoms with van der Waals surface area (Å²) in [4.78, 5) is 16.5. The second-order valence-electron chi connectivity index (χ2n) is 4.91. The molecule has 2 heterocycles. The Morgan fingerprint density at radius 2 is 2.25 bits per heavy atom. The average Bonchev–Trinajstić information content (AvgIpc) is 3.17. The quantitative estimate of drug-likeness (QED) is 0.907. The molecule has 1 atom stereocenters. The van der Waals surface area contributed by atoms with Crippen molar-refractivity contribution in [3.05, 3.63) is 41.4 Å². The van der Waals surface area contributed by atoms with E-state index in [-0.39, 0.29) is 5.91 Å². The van der Waals surface area contributed by atoms with Gasteiger partial charge in [0.25, 0.3) is 5.91 Å². The van der Waals surface area contributed by atoms with E-state index in [0.717, 1.165) is 23.5 Å². The maximum Gasteiger partial charge on any atom is 0.270 e. The van der Waals surface area contributed by atoms with Crippen molar-refractivity contribution in [1.82, 2.24) is 15.6 Å². The largest absolute Gasteiger partial charge is 0.349 e. The lowest BCUT2D eigenvalue weighted by molar-refractivity contribution is 0.0946. The number of aromatic nitrogens is 1. The fourth-order valence-electron chi connectivity index (χ4n) is 2.33. The lowest BCUT2D eigenvalue weighted by Crippen LogP contribution is -2.37. The molecule has 5 heteroatoms. The molecule has 2 N–H and O–H groups in total. The van der Waals surface area contributed by atoms with Crippen LogP contribution in [0.2, 0.25) is 0 Å². The molecule has 0 aliphatic carbocycles. The van der Waals surface area contributed by atoms with Crippen LogP contribution in [0.3, 0.4) is 0 Å². The Balaban J connectivity index is 1.62. The monoisotopic (exact) mass is 287 g/mol. The summed E-state index contributed by atoms with van der Waals surface area (Å²) in [6.45, 7) is 1.73. The fraction of sp³-hybridized carbons (Fsp3) is 0.333. The van der Waals surface area contributed by atoms with Gasteiger partial charge in [-0.1, -0.05) is 30.3 Å². The number of carbonyl (C=O) groups is 1. The van der Waals surface area contributed by atoms with Crippen molar-refractivity contribution in [2.45, 2.75) is 18.9 Å². The normalized spacial score (nSPS) is 18.1. The maximum absolute atomic E-state index is 12.1. The molecule has 20 heavy (non-hydrogen) atoms. The highest BCUT2D eigenvalue weighted by Crippen LogP contribution is 2.23. The van der Waals surface area contributed by atoms with Crippen molar-refractivity contribution in [3.8, 4) is 10.6 Å². The number of amides is 1. The van der Waals surface area contributed by atoms with Crippen LogP contribution in [0, 0.1) is 0 Å². The summed E-state index contributed by atoms with van der Waals surface area (Å²) in [5.74, 6) is -0.0860. The van der Waals surface area contributed by atoms with E-state index in [4.69, 9.17) is 0 Å². The molecule has 1 fully saturated rings. The molecule has 1 amide bonds. The number of nitrogens with one attached hydrogen (secondary N) is 2. The maximum atomic E-state index is 12.1. The van der Waals surface area contributed by atoms with Crippen molar-refractivity contribution in [2.75, 3.05) is 13.1 Å². The van der Waals surface area contributed by atoms with E-state index in [9.17, 15) is 4.79 Å². The summed E-state index contributed by atoms with van der Waals surface area (Å²) in [5, 5.41) is 9.01. The van der Waals surface area contributed by atoms with E-state index < -0.39 is 0 Å². The third kappa shape index (κ3) is 3.05. The molecular weight excluding hydrogens is 270 g/mol. The van der Waals surface area contributed by atoms with Gasteiger partial charge in [0, 0.05) is 23.5 Å². The number of carbonyl (C=O) groups excluding carboxylic acids is 1. The first-order valence-electron chi connectivity index (χ1n) is 6.85. The minimum atomic E-state index is -0.0860. The Morgan fingerprint density at radius 3 is 3.00 bits per heavy atom. The molecular formula is C15H17N3OS. The zero-order chi connectivity index (χ0) is 13.8. The highest BCUT2D eigenvalue weighted by Gasteiger charge is 2.16. The first-order valence-corrected chi connectivity index (χ1v) is 7.73. The molecule has 1 aliphatic heterocycles. The lowest BCUT2D eigenvalue weighted by atomic mass is 10.2. The standard InChI is InChI=1S/C15H17N3OS/c19-14(17-9-12-7-4-8-16-12)13-10-20-15(18-13)11-5-2-1-3-6-11/h1-3,5-6,10,12,16H,4,7-9H2,(H,17,19). The number of rotatable bonds is 4. The molecule has 0 saturated carbocycles. The van der Waals surface area contributed by atoms with Gasteiger partial charge in [-0.05, 0) is 19.4 Å².